The van der Waals surface area contributed by atoms with Gasteiger partial charge in [0.25, 0.3) is 0 Å². The molecule has 0 radical (unpaired) electrons. The van der Waals surface area contributed by atoms with Crippen LogP contribution in [0.3, 0.4) is 0 Å². The first-order chi connectivity index (χ1) is 11.1. The number of rotatable bonds is 6. The summed E-state index contributed by atoms with van der Waals surface area (Å²) < 4.78 is 15.6. The van der Waals surface area contributed by atoms with Gasteiger partial charge in [-0.2, -0.15) is 0 Å². The van der Waals surface area contributed by atoms with Crippen molar-refractivity contribution in [2.24, 2.45) is 0 Å². The van der Waals surface area contributed by atoms with Crippen molar-refractivity contribution < 1.29 is 24.1 Å². The molecule has 0 bridgehead atoms. The molecule has 0 aliphatic carbocycles. The first-order valence-corrected chi connectivity index (χ1v) is 6.92. The molecule has 5 heteroatoms. The Morgan fingerprint density at radius 1 is 1.04 bits per heavy atom. The molecule has 0 aromatic heterocycles. The van der Waals surface area contributed by atoms with Crippen LogP contribution in [-0.4, -0.2) is 31.9 Å². The Hall–Kier alpha value is -2.79. The fourth-order valence-electron chi connectivity index (χ4n) is 1.99. The van der Waals surface area contributed by atoms with Crippen molar-refractivity contribution in [3.63, 3.8) is 0 Å². The summed E-state index contributed by atoms with van der Waals surface area (Å²) in [6, 6.07) is 12.6. The highest BCUT2D eigenvalue weighted by Crippen LogP contribution is 2.34. The number of aliphatic hydroxyl groups excluding tert-OH is 1. The SMILES string of the molecule is C=C(CO)C(=O)Oc1ccc(-c2ccc(OC)cc2)c(OC)c1. The van der Waals surface area contributed by atoms with Crippen molar-refractivity contribution in [1.82, 2.24) is 0 Å². The Kier molecular flexibility index (Phi) is 5.38. The fourth-order valence-corrected chi connectivity index (χ4v) is 1.99. The molecule has 0 saturated carbocycles. The predicted molar refractivity (Wildman–Crippen MR) is 86.8 cm³/mol. The quantitative estimate of drug-likeness (QED) is 0.504. The molecule has 0 aliphatic heterocycles. The molecule has 0 saturated heterocycles. The minimum Gasteiger partial charge on any atom is -0.497 e. The van der Waals surface area contributed by atoms with Crippen LogP contribution < -0.4 is 14.2 Å². The molecule has 0 heterocycles. The van der Waals surface area contributed by atoms with E-state index in [9.17, 15) is 4.79 Å². The Balaban J connectivity index is 2.28. The second-order valence-corrected chi connectivity index (χ2v) is 4.74. The van der Waals surface area contributed by atoms with E-state index in [-0.39, 0.29) is 5.57 Å². The maximum Gasteiger partial charge on any atom is 0.341 e. The first-order valence-electron chi connectivity index (χ1n) is 6.92. The molecule has 23 heavy (non-hydrogen) atoms. The highest BCUT2D eigenvalue weighted by Gasteiger charge is 2.12. The maximum atomic E-state index is 11.6. The van der Waals surface area contributed by atoms with E-state index in [1.807, 2.05) is 24.3 Å². The highest BCUT2D eigenvalue weighted by atomic mass is 16.5. The Morgan fingerprint density at radius 3 is 2.26 bits per heavy atom. The minimum atomic E-state index is -0.674. The van der Waals surface area contributed by atoms with Gasteiger partial charge in [-0.15, -0.1) is 0 Å². The van der Waals surface area contributed by atoms with Gasteiger partial charge in [-0.3, -0.25) is 0 Å². The van der Waals surface area contributed by atoms with E-state index < -0.39 is 12.6 Å². The Bertz CT molecular complexity index is 704. The van der Waals surface area contributed by atoms with E-state index in [2.05, 4.69) is 6.58 Å². The molecule has 0 spiro atoms. The van der Waals surface area contributed by atoms with Gasteiger partial charge in [0.1, 0.15) is 17.2 Å². The van der Waals surface area contributed by atoms with Gasteiger partial charge < -0.3 is 19.3 Å². The molecule has 5 nitrogen and oxygen atoms in total. The topological polar surface area (TPSA) is 65.0 Å². The van der Waals surface area contributed by atoms with Crippen molar-refractivity contribution >= 4 is 5.97 Å². The van der Waals surface area contributed by atoms with Gasteiger partial charge in [-0.25, -0.2) is 4.79 Å². The van der Waals surface area contributed by atoms with Crippen LogP contribution in [0, 0.1) is 0 Å². The summed E-state index contributed by atoms with van der Waals surface area (Å²) in [5.41, 5.74) is 1.79. The molecule has 1 N–H and O–H groups in total. The summed E-state index contributed by atoms with van der Waals surface area (Å²) in [4.78, 5) is 11.6. The van der Waals surface area contributed by atoms with Gasteiger partial charge in [0.2, 0.25) is 0 Å². The number of esters is 1. The van der Waals surface area contributed by atoms with Gasteiger partial charge in [0, 0.05) is 11.6 Å². The third-order valence-corrected chi connectivity index (χ3v) is 3.26. The van der Waals surface area contributed by atoms with Crippen LogP contribution >= 0.6 is 0 Å². The molecular weight excluding hydrogens is 296 g/mol. The molecule has 2 aromatic rings. The standard InChI is InChI=1S/C18H18O5/c1-12(11-19)18(20)23-15-8-9-16(17(10-15)22-3)13-4-6-14(21-2)7-5-13/h4-10,19H,1,11H2,2-3H3. The number of benzene rings is 2. The zero-order chi connectivity index (χ0) is 16.8. The monoisotopic (exact) mass is 314 g/mol. The smallest absolute Gasteiger partial charge is 0.341 e. The van der Waals surface area contributed by atoms with Crippen molar-refractivity contribution in [1.29, 1.82) is 0 Å². The average Bonchev–Trinajstić information content (AvgIpc) is 2.60. The molecule has 0 fully saturated rings. The number of methoxy groups -OCH3 is 2. The van der Waals surface area contributed by atoms with Gasteiger partial charge in [-0.05, 0) is 29.8 Å². The first kappa shape index (κ1) is 16.6. The van der Waals surface area contributed by atoms with E-state index in [0.29, 0.717) is 11.5 Å². The molecule has 2 rings (SSSR count). The van der Waals surface area contributed by atoms with Crippen molar-refractivity contribution in [2.45, 2.75) is 0 Å². The lowest BCUT2D eigenvalue weighted by Crippen LogP contribution is -2.12. The fraction of sp³-hybridized carbons (Fsp3) is 0.167. The Labute approximate surface area is 134 Å². The number of carbonyl (C=O) groups is 1. The third kappa shape index (κ3) is 3.90. The molecule has 0 atom stereocenters. The minimum absolute atomic E-state index is 0.0109. The number of carbonyl (C=O) groups excluding carboxylic acids is 1. The summed E-state index contributed by atoms with van der Waals surface area (Å²) in [5.74, 6) is 0.973. The summed E-state index contributed by atoms with van der Waals surface area (Å²) in [6.45, 7) is 2.98. The van der Waals surface area contributed by atoms with Crippen LogP contribution in [-0.2, 0) is 4.79 Å². The van der Waals surface area contributed by atoms with Crippen LogP contribution in [0.4, 0.5) is 0 Å². The van der Waals surface area contributed by atoms with Crippen LogP contribution in [0.2, 0.25) is 0 Å². The number of hydrogen-bond donors (Lipinski definition) is 1. The number of ether oxygens (including phenoxy) is 3. The van der Waals surface area contributed by atoms with Crippen LogP contribution in [0.1, 0.15) is 0 Å². The summed E-state index contributed by atoms with van der Waals surface area (Å²) >= 11 is 0. The van der Waals surface area contributed by atoms with Crippen molar-refractivity contribution in [2.75, 3.05) is 20.8 Å². The summed E-state index contributed by atoms with van der Waals surface area (Å²) in [5, 5.41) is 8.88. The van der Waals surface area contributed by atoms with Crippen LogP contribution in [0.5, 0.6) is 17.2 Å². The zero-order valence-corrected chi connectivity index (χ0v) is 13.0. The van der Waals surface area contributed by atoms with Crippen LogP contribution in [0.15, 0.2) is 54.6 Å². The van der Waals surface area contributed by atoms with E-state index >= 15 is 0 Å². The van der Waals surface area contributed by atoms with Gasteiger partial charge in [0.15, 0.2) is 0 Å². The number of hydrogen-bond acceptors (Lipinski definition) is 5. The summed E-state index contributed by atoms with van der Waals surface area (Å²) in [7, 11) is 3.15. The largest absolute Gasteiger partial charge is 0.497 e. The van der Waals surface area contributed by atoms with Crippen molar-refractivity contribution in [3.8, 4) is 28.4 Å². The van der Waals surface area contributed by atoms with Gasteiger partial charge in [-0.1, -0.05) is 18.7 Å². The van der Waals surface area contributed by atoms with E-state index in [1.54, 1.807) is 32.4 Å². The summed E-state index contributed by atoms with van der Waals surface area (Å²) in [6.07, 6.45) is 0. The van der Waals surface area contributed by atoms with Crippen LogP contribution in [0.25, 0.3) is 11.1 Å². The van der Waals surface area contributed by atoms with E-state index in [0.717, 1.165) is 16.9 Å². The second kappa shape index (κ2) is 7.47. The van der Waals surface area contributed by atoms with Crippen molar-refractivity contribution in [3.05, 3.63) is 54.6 Å². The Morgan fingerprint density at radius 2 is 1.70 bits per heavy atom. The lowest BCUT2D eigenvalue weighted by atomic mass is 10.0. The molecule has 0 aliphatic rings. The van der Waals surface area contributed by atoms with E-state index in [1.165, 1.54) is 0 Å². The molecule has 2 aromatic carbocycles. The lowest BCUT2D eigenvalue weighted by Gasteiger charge is -2.12. The highest BCUT2D eigenvalue weighted by molar-refractivity contribution is 5.89. The molecule has 0 unspecified atom stereocenters. The maximum absolute atomic E-state index is 11.6. The lowest BCUT2D eigenvalue weighted by molar-refractivity contribution is -0.130. The second-order valence-electron chi connectivity index (χ2n) is 4.74. The normalized spacial score (nSPS) is 10.0. The molecule has 0 amide bonds. The predicted octanol–water partition coefficient (Wildman–Crippen LogP) is 2.82. The average molecular weight is 314 g/mol. The van der Waals surface area contributed by atoms with Gasteiger partial charge >= 0.3 is 5.97 Å². The molecule has 120 valence electrons. The third-order valence-electron chi connectivity index (χ3n) is 3.26. The van der Waals surface area contributed by atoms with Gasteiger partial charge in [0.05, 0.1) is 26.4 Å². The number of aliphatic hydroxyl groups is 1. The molecular formula is C18H18O5. The van der Waals surface area contributed by atoms with E-state index in [4.69, 9.17) is 19.3 Å². The zero-order valence-electron chi connectivity index (χ0n) is 13.0.